The van der Waals surface area contributed by atoms with Gasteiger partial charge in [-0.05, 0) is 61.6 Å². The van der Waals surface area contributed by atoms with Gasteiger partial charge in [0.1, 0.15) is 5.75 Å². The average Bonchev–Trinajstić information content (AvgIpc) is 3.73. The number of esters is 1. The second-order valence-electron chi connectivity index (χ2n) is 9.55. The molecule has 2 aromatic heterocycles. The molecule has 0 bridgehead atoms. The number of phenols is 1. The second kappa shape index (κ2) is 11.4. The van der Waals surface area contributed by atoms with Crippen LogP contribution in [0.1, 0.15) is 60.7 Å². The summed E-state index contributed by atoms with van der Waals surface area (Å²) in [7, 11) is 2.93. The maximum absolute atomic E-state index is 12.2. The lowest BCUT2D eigenvalue weighted by molar-refractivity contribution is -0.145. The Morgan fingerprint density at radius 2 is 1.95 bits per heavy atom. The summed E-state index contributed by atoms with van der Waals surface area (Å²) in [6, 6.07) is 7.28. The van der Waals surface area contributed by atoms with Gasteiger partial charge in [0.2, 0.25) is 5.88 Å². The Kier molecular flexibility index (Phi) is 8.29. The van der Waals surface area contributed by atoms with Crippen molar-refractivity contribution in [3.05, 3.63) is 64.2 Å². The van der Waals surface area contributed by atoms with E-state index < -0.39 is 6.10 Å². The van der Waals surface area contributed by atoms with Crippen molar-refractivity contribution in [3.8, 4) is 22.9 Å². The first kappa shape index (κ1) is 26.8. The van der Waals surface area contributed by atoms with Crippen LogP contribution in [0.2, 0.25) is 5.02 Å². The van der Waals surface area contributed by atoms with Crippen molar-refractivity contribution >= 4 is 17.6 Å². The van der Waals surface area contributed by atoms with Crippen LogP contribution in [0.5, 0.6) is 11.6 Å². The number of aromatic nitrogens is 3. The molecule has 2 heterocycles. The molecule has 8 nitrogen and oxygen atoms in total. The highest BCUT2D eigenvalue weighted by atomic mass is 35.5. The number of rotatable bonds is 10. The molecule has 3 atom stereocenters. The van der Waals surface area contributed by atoms with Gasteiger partial charge in [0.05, 0.1) is 60.7 Å². The topological polar surface area (TPSA) is 115 Å². The molecule has 37 heavy (non-hydrogen) atoms. The molecule has 1 saturated carbocycles. The van der Waals surface area contributed by atoms with Gasteiger partial charge >= 0.3 is 5.97 Å². The van der Waals surface area contributed by atoms with E-state index in [-0.39, 0.29) is 23.6 Å². The number of pyridine rings is 1. The summed E-state index contributed by atoms with van der Waals surface area (Å²) in [5.41, 5.74) is 3.91. The highest BCUT2D eigenvalue weighted by Gasteiger charge is 2.39. The van der Waals surface area contributed by atoms with Crippen LogP contribution in [0.3, 0.4) is 0 Å². The molecule has 0 saturated heterocycles. The van der Waals surface area contributed by atoms with E-state index in [9.17, 15) is 15.0 Å². The number of phenolic OH excluding ortho intramolecular Hbond substituents is 1. The Bertz CT molecular complexity index is 1280. The minimum atomic E-state index is -0.860. The minimum absolute atomic E-state index is 0.0169. The summed E-state index contributed by atoms with van der Waals surface area (Å²) in [4.78, 5) is 25.3. The summed E-state index contributed by atoms with van der Waals surface area (Å²) in [6.07, 6.45) is 5.15. The molecule has 4 rings (SSSR count). The van der Waals surface area contributed by atoms with Crippen molar-refractivity contribution < 1.29 is 24.5 Å². The van der Waals surface area contributed by atoms with E-state index in [2.05, 4.69) is 15.0 Å². The Hall–Kier alpha value is -3.23. The summed E-state index contributed by atoms with van der Waals surface area (Å²) in [5, 5.41) is 22.0. The van der Waals surface area contributed by atoms with Crippen molar-refractivity contribution in [3.63, 3.8) is 0 Å². The van der Waals surface area contributed by atoms with Crippen molar-refractivity contribution in [2.24, 2.45) is 11.8 Å². The predicted molar refractivity (Wildman–Crippen MR) is 140 cm³/mol. The van der Waals surface area contributed by atoms with E-state index in [1.807, 2.05) is 19.1 Å². The Morgan fingerprint density at radius 1 is 1.19 bits per heavy atom. The van der Waals surface area contributed by atoms with Gasteiger partial charge < -0.3 is 19.7 Å². The number of halogens is 1. The molecular weight excluding hydrogens is 494 g/mol. The second-order valence-corrected chi connectivity index (χ2v) is 9.96. The zero-order valence-electron chi connectivity index (χ0n) is 21.4. The highest BCUT2D eigenvalue weighted by molar-refractivity contribution is 6.33. The van der Waals surface area contributed by atoms with Gasteiger partial charge in [-0.3, -0.25) is 9.78 Å². The lowest BCUT2D eigenvalue weighted by Crippen LogP contribution is -2.22. The highest BCUT2D eigenvalue weighted by Crippen LogP contribution is 2.47. The van der Waals surface area contributed by atoms with E-state index in [0.717, 1.165) is 24.0 Å². The molecular formula is C28H32ClN3O5. The van der Waals surface area contributed by atoms with Gasteiger partial charge in [-0.15, -0.1) is 0 Å². The number of hydrogen-bond acceptors (Lipinski definition) is 8. The zero-order valence-corrected chi connectivity index (χ0v) is 22.2. The number of methoxy groups -OCH3 is 2. The Morgan fingerprint density at radius 3 is 2.57 bits per heavy atom. The summed E-state index contributed by atoms with van der Waals surface area (Å²) in [5.74, 6) is 0.495. The molecule has 2 N–H and O–H groups in total. The van der Waals surface area contributed by atoms with Crippen LogP contribution in [-0.4, -0.2) is 45.4 Å². The van der Waals surface area contributed by atoms with Crippen LogP contribution in [0.25, 0.3) is 11.3 Å². The number of hydrogen-bond donors (Lipinski definition) is 2. The van der Waals surface area contributed by atoms with Crippen LogP contribution in [-0.2, 0) is 16.0 Å². The van der Waals surface area contributed by atoms with E-state index in [1.165, 1.54) is 20.4 Å². The third-order valence-corrected chi connectivity index (χ3v) is 7.34. The van der Waals surface area contributed by atoms with E-state index >= 15 is 0 Å². The molecule has 1 aromatic carbocycles. The molecule has 0 radical (unpaired) electrons. The Labute approximate surface area is 221 Å². The quantitative estimate of drug-likeness (QED) is 0.348. The number of ether oxygens (including phenoxy) is 2. The number of carbonyl (C=O) groups is 1. The third-order valence-electron chi connectivity index (χ3n) is 7.04. The molecule has 0 aliphatic heterocycles. The van der Waals surface area contributed by atoms with Crippen molar-refractivity contribution in [2.75, 3.05) is 14.2 Å². The van der Waals surface area contributed by atoms with Gasteiger partial charge in [-0.25, -0.2) is 9.97 Å². The fourth-order valence-corrected chi connectivity index (χ4v) is 5.06. The summed E-state index contributed by atoms with van der Waals surface area (Å²) >= 11 is 6.28. The molecule has 1 unspecified atom stereocenters. The molecule has 196 valence electrons. The first-order chi connectivity index (χ1) is 17.7. The number of nitrogens with zero attached hydrogens (tertiary/aromatic N) is 3. The van der Waals surface area contributed by atoms with Crippen LogP contribution < -0.4 is 4.74 Å². The maximum Gasteiger partial charge on any atom is 0.309 e. The summed E-state index contributed by atoms with van der Waals surface area (Å²) < 4.78 is 10.1. The van der Waals surface area contributed by atoms with E-state index in [0.29, 0.717) is 52.3 Å². The Balaban J connectivity index is 1.46. The zero-order chi connectivity index (χ0) is 26.7. The van der Waals surface area contributed by atoms with E-state index in [1.54, 1.807) is 25.3 Å². The number of aliphatic hydroxyl groups excluding tert-OH is 1. The monoisotopic (exact) mass is 525 g/mol. The molecule has 1 aliphatic rings. The molecule has 1 fully saturated rings. The predicted octanol–water partition coefficient (Wildman–Crippen LogP) is 5.18. The van der Waals surface area contributed by atoms with Crippen molar-refractivity contribution in [2.45, 2.75) is 51.6 Å². The van der Waals surface area contributed by atoms with E-state index in [4.69, 9.17) is 21.1 Å². The largest absolute Gasteiger partial charge is 0.508 e. The van der Waals surface area contributed by atoms with Crippen molar-refractivity contribution in [1.82, 2.24) is 15.0 Å². The van der Waals surface area contributed by atoms with Gasteiger partial charge in [0.25, 0.3) is 0 Å². The number of aromatic hydroxyl groups is 1. The lowest BCUT2D eigenvalue weighted by atomic mass is 9.82. The molecule has 1 aliphatic carbocycles. The maximum atomic E-state index is 12.2. The van der Waals surface area contributed by atoms with Gasteiger partial charge in [-0.1, -0.05) is 30.7 Å². The normalized spacial score (nSPS) is 15.6. The number of aryl methyl sites for hydroxylation is 2. The molecule has 0 amide bonds. The standard InChI is InChI=1S/C28H32ClN3O5/c1-15(28(35)37-4)26(18-6-7-18)19-8-5-17(24(34)11-19)9-10-23(33)27-16(2)32-22(14-31-27)20-12-25(36-3)30-13-21(20)29/h5,8,11-15,18,23,26,33-34H,6-7,9-10H2,1-4H3/t15-,23?,26-/m0/s1. The fraction of sp³-hybridized carbons (Fsp3) is 0.429. The smallest absolute Gasteiger partial charge is 0.309 e. The first-order valence-electron chi connectivity index (χ1n) is 12.3. The average molecular weight is 526 g/mol. The SMILES string of the molecule is COC(=O)[C@@H](C)[C@H](c1ccc(CCC(O)c2ncc(-c3cc(OC)ncc3Cl)nc2C)c(O)c1)C1CC1. The number of benzene rings is 1. The van der Waals surface area contributed by atoms with Gasteiger partial charge in [0.15, 0.2) is 0 Å². The molecule has 0 spiro atoms. The van der Waals surface area contributed by atoms with Crippen LogP contribution >= 0.6 is 11.6 Å². The van der Waals surface area contributed by atoms with Gasteiger partial charge in [-0.2, -0.15) is 0 Å². The number of carbonyl (C=O) groups excluding carboxylic acids is 1. The van der Waals surface area contributed by atoms with Crippen LogP contribution in [0, 0.1) is 18.8 Å². The van der Waals surface area contributed by atoms with Gasteiger partial charge in [0, 0.05) is 11.6 Å². The number of aliphatic hydroxyl groups is 1. The van der Waals surface area contributed by atoms with Crippen LogP contribution in [0.4, 0.5) is 0 Å². The third kappa shape index (κ3) is 6.02. The summed E-state index contributed by atoms with van der Waals surface area (Å²) in [6.45, 7) is 3.66. The minimum Gasteiger partial charge on any atom is -0.508 e. The lowest BCUT2D eigenvalue weighted by Gasteiger charge is -2.23. The van der Waals surface area contributed by atoms with Crippen LogP contribution in [0.15, 0.2) is 36.7 Å². The molecule has 9 heteroatoms. The fourth-order valence-electron chi connectivity index (χ4n) is 4.86. The van der Waals surface area contributed by atoms with Crippen molar-refractivity contribution in [1.29, 1.82) is 0 Å². The molecule has 3 aromatic rings. The first-order valence-corrected chi connectivity index (χ1v) is 12.7.